The van der Waals surface area contributed by atoms with Gasteiger partial charge in [0.1, 0.15) is 5.75 Å². The number of hydrogen-bond donors (Lipinski definition) is 2. The summed E-state index contributed by atoms with van der Waals surface area (Å²) in [5.41, 5.74) is 8.96. The summed E-state index contributed by atoms with van der Waals surface area (Å²) in [7, 11) is -0.517. The van der Waals surface area contributed by atoms with Gasteiger partial charge in [-0.2, -0.15) is 5.10 Å². The first-order chi connectivity index (χ1) is 17.2. The molecule has 182 valence electrons. The predicted molar refractivity (Wildman–Crippen MR) is 137 cm³/mol. The number of ether oxygens (including phenoxy) is 1. The number of nitrogens with zero attached hydrogens (tertiary/aromatic N) is 3. The molecule has 5 aromatic rings. The van der Waals surface area contributed by atoms with Gasteiger partial charge in [0.15, 0.2) is 0 Å². The average molecular weight is 502 g/mol. The maximum atomic E-state index is 13.5. The van der Waals surface area contributed by atoms with Crippen LogP contribution in [0.3, 0.4) is 0 Å². The molecule has 0 fully saturated rings. The molecule has 2 aromatic heterocycles. The third-order valence-electron chi connectivity index (χ3n) is 6.10. The monoisotopic (exact) mass is 501 g/mol. The summed E-state index contributed by atoms with van der Waals surface area (Å²) in [5.74, 6) is -0.134. The number of carbonyl (C=O) groups is 1. The summed E-state index contributed by atoms with van der Waals surface area (Å²) in [6, 6.07) is 14.9. The lowest BCUT2D eigenvalue weighted by Gasteiger charge is -2.16. The van der Waals surface area contributed by atoms with Crippen LogP contribution in [0.25, 0.3) is 21.8 Å². The van der Waals surface area contributed by atoms with Crippen molar-refractivity contribution in [3.63, 3.8) is 0 Å². The molecule has 0 bridgehead atoms. The highest BCUT2D eigenvalue weighted by Gasteiger charge is 2.22. The van der Waals surface area contributed by atoms with Crippen molar-refractivity contribution >= 4 is 48.9 Å². The zero-order chi connectivity index (χ0) is 25.6. The van der Waals surface area contributed by atoms with E-state index in [1.54, 1.807) is 36.0 Å². The molecule has 3 aromatic carbocycles. The second kappa shape index (κ2) is 8.65. The Morgan fingerprint density at radius 2 is 1.78 bits per heavy atom. The molecule has 10 heteroatoms. The maximum Gasteiger partial charge on any atom is 0.252 e. The molecule has 0 unspecified atom stereocenters. The van der Waals surface area contributed by atoms with Crippen molar-refractivity contribution < 1.29 is 17.9 Å². The van der Waals surface area contributed by atoms with E-state index < -0.39 is 15.7 Å². The molecule has 0 spiro atoms. The number of pyridine rings is 1. The number of aryl methyl sites for hydroxylation is 2. The van der Waals surface area contributed by atoms with Crippen LogP contribution in [0.4, 0.5) is 11.4 Å². The van der Waals surface area contributed by atoms with Crippen LogP contribution in [0.5, 0.6) is 5.75 Å². The number of benzene rings is 3. The third kappa shape index (κ3) is 3.91. The third-order valence-corrected chi connectivity index (χ3v) is 7.85. The fraction of sp³-hybridized carbons (Fsp3) is 0.115. The lowest BCUT2D eigenvalue weighted by atomic mass is 10.1. The number of fused-ring (bicyclic) bond motifs is 2. The molecule has 0 saturated carbocycles. The van der Waals surface area contributed by atoms with Crippen molar-refractivity contribution in [1.29, 1.82) is 0 Å². The molecular formula is C26H23N5O4S. The van der Waals surface area contributed by atoms with E-state index >= 15 is 0 Å². The minimum absolute atomic E-state index is 0.0752. The first-order valence-electron chi connectivity index (χ1n) is 11.0. The van der Waals surface area contributed by atoms with Crippen molar-refractivity contribution in [2.24, 2.45) is 12.8 Å². The lowest BCUT2D eigenvalue weighted by molar-refractivity contribution is 0.100. The molecule has 5 rings (SSSR count). The topological polar surface area (TPSA) is 129 Å². The van der Waals surface area contributed by atoms with Gasteiger partial charge >= 0.3 is 0 Å². The van der Waals surface area contributed by atoms with Gasteiger partial charge in [0, 0.05) is 29.7 Å². The van der Waals surface area contributed by atoms with Gasteiger partial charge in [-0.15, -0.1) is 0 Å². The molecule has 0 aliphatic heterocycles. The fourth-order valence-corrected chi connectivity index (χ4v) is 5.55. The Balaban J connectivity index is 1.70. The molecule has 1 amide bonds. The number of anilines is 2. The quantitative estimate of drug-likeness (QED) is 0.358. The zero-order valence-electron chi connectivity index (χ0n) is 19.8. The van der Waals surface area contributed by atoms with E-state index in [1.165, 1.54) is 31.5 Å². The van der Waals surface area contributed by atoms with Gasteiger partial charge in [-0.25, -0.2) is 8.42 Å². The normalized spacial score (nSPS) is 11.6. The minimum Gasteiger partial charge on any atom is -0.497 e. The van der Waals surface area contributed by atoms with E-state index in [4.69, 9.17) is 10.5 Å². The highest BCUT2D eigenvalue weighted by atomic mass is 32.2. The molecule has 0 aliphatic carbocycles. The Labute approximate surface area is 207 Å². The Morgan fingerprint density at radius 1 is 1.03 bits per heavy atom. The highest BCUT2D eigenvalue weighted by molar-refractivity contribution is 7.91. The molecule has 3 N–H and O–H groups in total. The van der Waals surface area contributed by atoms with Gasteiger partial charge in [0.05, 0.1) is 45.4 Å². The number of hydrogen-bond acceptors (Lipinski definition) is 7. The van der Waals surface area contributed by atoms with E-state index in [9.17, 15) is 13.2 Å². The smallest absolute Gasteiger partial charge is 0.252 e. The number of aromatic nitrogens is 3. The molecule has 0 atom stereocenters. The van der Waals surface area contributed by atoms with Gasteiger partial charge in [0.2, 0.25) is 9.84 Å². The lowest BCUT2D eigenvalue weighted by Crippen LogP contribution is -2.14. The molecule has 0 aliphatic rings. The van der Waals surface area contributed by atoms with Gasteiger partial charge in [0.25, 0.3) is 5.91 Å². The maximum absolute atomic E-state index is 13.5. The number of primary amides is 1. The first kappa shape index (κ1) is 23.3. The SMILES string of the molecule is COc1ccc(S(=O)(=O)c2cc(C)c3ncc(C(N)=O)c(Nc4ccc5cnn(C)c5c4)c3c2)cc1. The number of sulfone groups is 1. The Kier molecular flexibility index (Phi) is 5.60. The largest absolute Gasteiger partial charge is 0.497 e. The van der Waals surface area contributed by atoms with E-state index in [0.29, 0.717) is 33.6 Å². The second-order valence-electron chi connectivity index (χ2n) is 8.39. The summed E-state index contributed by atoms with van der Waals surface area (Å²) < 4.78 is 33.9. The van der Waals surface area contributed by atoms with Gasteiger partial charge in [-0.3, -0.25) is 14.5 Å². The standard InChI is InChI=1S/C26H23N5O4S/c1-15-10-20(36(33,34)19-8-6-18(35-3)7-9-19)12-21-24(15)28-14-22(26(27)32)25(21)30-17-5-4-16-13-29-31(2)23(16)11-17/h4-14H,1-3H3,(H2,27,32)(H,28,30). The van der Waals surface area contributed by atoms with E-state index in [0.717, 1.165) is 10.9 Å². The molecule has 0 saturated heterocycles. The predicted octanol–water partition coefficient (Wildman–Crippen LogP) is 4.11. The van der Waals surface area contributed by atoms with Gasteiger partial charge in [-0.1, -0.05) is 0 Å². The number of amides is 1. The van der Waals surface area contributed by atoms with Crippen LogP contribution in [0.1, 0.15) is 15.9 Å². The molecule has 36 heavy (non-hydrogen) atoms. The number of methoxy groups -OCH3 is 1. The zero-order valence-corrected chi connectivity index (χ0v) is 20.6. The van der Waals surface area contributed by atoms with Crippen molar-refractivity contribution in [2.45, 2.75) is 16.7 Å². The Bertz CT molecular complexity index is 1760. The Morgan fingerprint density at radius 3 is 2.47 bits per heavy atom. The minimum atomic E-state index is -3.87. The van der Waals surface area contributed by atoms with Crippen molar-refractivity contribution in [1.82, 2.24) is 14.8 Å². The van der Waals surface area contributed by atoms with Crippen molar-refractivity contribution in [3.8, 4) is 5.75 Å². The number of carbonyl (C=O) groups excluding carboxylic acids is 1. The van der Waals surface area contributed by atoms with Crippen LogP contribution in [0, 0.1) is 6.92 Å². The van der Waals surface area contributed by atoms with Crippen molar-refractivity contribution in [2.75, 3.05) is 12.4 Å². The average Bonchev–Trinajstić information content (AvgIpc) is 3.24. The molecular weight excluding hydrogens is 478 g/mol. The number of nitrogens with one attached hydrogen (secondary N) is 1. The molecule has 2 heterocycles. The van der Waals surface area contributed by atoms with Gasteiger partial charge in [-0.05, 0) is 67.1 Å². The summed E-state index contributed by atoms with van der Waals surface area (Å²) >= 11 is 0. The second-order valence-corrected chi connectivity index (χ2v) is 10.3. The summed E-state index contributed by atoms with van der Waals surface area (Å²) in [6.45, 7) is 1.78. The van der Waals surface area contributed by atoms with E-state index in [-0.39, 0.29) is 15.4 Å². The fourth-order valence-electron chi connectivity index (χ4n) is 4.18. The van der Waals surface area contributed by atoms with Crippen LogP contribution in [-0.2, 0) is 16.9 Å². The highest BCUT2D eigenvalue weighted by Crippen LogP contribution is 2.35. The summed E-state index contributed by atoms with van der Waals surface area (Å²) in [4.78, 5) is 16.9. The first-order valence-corrected chi connectivity index (χ1v) is 12.5. The molecule has 0 radical (unpaired) electrons. The van der Waals surface area contributed by atoms with Crippen LogP contribution in [-0.4, -0.2) is 36.2 Å². The van der Waals surface area contributed by atoms with Crippen LogP contribution >= 0.6 is 0 Å². The van der Waals surface area contributed by atoms with E-state index in [1.807, 2.05) is 25.2 Å². The Hall–Kier alpha value is -4.44. The van der Waals surface area contributed by atoms with Crippen LogP contribution < -0.4 is 15.8 Å². The summed E-state index contributed by atoms with van der Waals surface area (Å²) in [6.07, 6.45) is 3.16. The summed E-state index contributed by atoms with van der Waals surface area (Å²) in [5, 5.41) is 8.95. The van der Waals surface area contributed by atoms with Gasteiger partial charge < -0.3 is 15.8 Å². The number of nitrogens with two attached hydrogens (primary N) is 1. The number of rotatable bonds is 6. The van der Waals surface area contributed by atoms with Crippen LogP contribution in [0.15, 0.2) is 76.8 Å². The van der Waals surface area contributed by atoms with E-state index in [2.05, 4.69) is 15.4 Å². The van der Waals surface area contributed by atoms with Crippen LogP contribution in [0.2, 0.25) is 0 Å². The van der Waals surface area contributed by atoms with Crippen molar-refractivity contribution in [3.05, 3.63) is 78.1 Å². The molecule has 9 nitrogen and oxygen atoms in total.